The van der Waals surface area contributed by atoms with Crippen LogP contribution in [0.25, 0.3) is 10.8 Å². The van der Waals surface area contributed by atoms with Gasteiger partial charge in [0.1, 0.15) is 0 Å². The predicted octanol–water partition coefficient (Wildman–Crippen LogP) is 3.75. The van der Waals surface area contributed by atoms with Crippen molar-refractivity contribution in [1.29, 1.82) is 0 Å². The smallest absolute Gasteiger partial charge is 0.309 e. The van der Waals surface area contributed by atoms with Crippen LogP contribution >= 0.6 is 11.3 Å². The van der Waals surface area contributed by atoms with Crippen molar-refractivity contribution < 1.29 is 14.4 Å². The molecule has 2 aromatic rings. The molecule has 2 aromatic heterocycles. The number of hydrogen-bond donors (Lipinski definition) is 1. The summed E-state index contributed by atoms with van der Waals surface area (Å²) in [7, 11) is 0. The molecule has 0 aliphatic heterocycles. The van der Waals surface area contributed by atoms with E-state index in [2.05, 4.69) is 15.1 Å². The Morgan fingerprint density at radius 1 is 1.48 bits per heavy atom. The molecule has 1 atom stereocenters. The fraction of sp³-hybridized carbons (Fsp3) is 0.625. The number of aliphatic carboxylic acids is 1. The molecule has 3 rings (SSSR count). The number of nitrogens with zero attached hydrogens (tertiary/aromatic N) is 3. The molecule has 1 aliphatic rings. The molecule has 1 saturated carbocycles. The van der Waals surface area contributed by atoms with Crippen LogP contribution in [0, 0.1) is 11.3 Å². The molecule has 23 heavy (non-hydrogen) atoms. The van der Waals surface area contributed by atoms with Gasteiger partial charge in [0.25, 0.3) is 0 Å². The molecule has 1 fully saturated rings. The van der Waals surface area contributed by atoms with Crippen molar-refractivity contribution in [2.75, 3.05) is 0 Å². The largest absolute Gasteiger partial charge is 0.481 e. The van der Waals surface area contributed by atoms with Crippen LogP contribution < -0.4 is 0 Å². The highest BCUT2D eigenvalue weighted by Gasteiger charge is 2.38. The van der Waals surface area contributed by atoms with E-state index in [1.54, 1.807) is 20.8 Å². The molecule has 0 amide bonds. The van der Waals surface area contributed by atoms with Crippen LogP contribution in [0.1, 0.15) is 57.5 Å². The van der Waals surface area contributed by atoms with Gasteiger partial charge in [-0.05, 0) is 26.2 Å². The Kier molecular flexibility index (Phi) is 4.23. The lowest BCUT2D eigenvalue weighted by molar-refractivity contribution is -0.148. The number of aromatic nitrogens is 3. The van der Waals surface area contributed by atoms with Gasteiger partial charge in [-0.1, -0.05) is 31.3 Å². The lowest BCUT2D eigenvalue weighted by atomic mass is 9.80. The Bertz CT molecular complexity index is 703. The molecule has 0 bridgehead atoms. The van der Waals surface area contributed by atoms with Gasteiger partial charge in [0.05, 0.1) is 17.0 Å². The third-order valence-electron chi connectivity index (χ3n) is 4.91. The maximum Gasteiger partial charge on any atom is 0.309 e. The fourth-order valence-corrected chi connectivity index (χ4v) is 3.24. The maximum atomic E-state index is 11.4. The maximum absolute atomic E-state index is 11.4. The quantitative estimate of drug-likeness (QED) is 0.865. The second-order valence-electron chi connectivity index (χ2n) is 6.85. The zero-order valence-electron chi connectivity index (χ0n) is 13.6. The van der Waals surface area contributed by atoms with Crippen molar-refractivity contribution >= 4 is 17.3 Å². The predicted molar refractivity (Wildman–Crippen MR) is 86.3 cm³/mol. The molecule has 1 N–H and O–H groups in total. The van der Waals surface area contributed by atoms with E-state index in [1.165, 1.54) is 30.6 Å². The topological polar surface area (TPSA) is 89.1 Å². The van der Waals surface area contributed by atoms with Crippen molar-refractivity contribution in [3.8, 4) is 10.8 Å². The molecule has 2 heterocycles. The second kappa shape index (κ2) is 6.03. The van der Waals surface area contributed by atoms with Crippen LogP contribution in [0.4, 0.5) is 0 Å². The highest BCUT2D eigenvalue weighted by Crippen LogP contribution is 2.36. The van der Waals surface area contributed by atoms with Gasteiger partial charge in [0.15, 0.2) is 5.01 Å². The average Bonchev–Trinajstić information content (AvgIpc) is 3.10. The summed E-state index contributed by atoms with van der Waals surface area (Å²) < 4.78 is 5.28. The molecule has 1 aliphatic carbocycles. The molecular formula is C16H21N3O3S. The van der Waals surface area contributed by atoms with Crippen molar-refractivity contribution in [1.82, 2.24) is 15.1 Å². The van der Waals surface area contributed by atoms with Crippen LogP contribution in [-0.4, -0.2) is 26.2 Å². The van der Waals surface area contributed by atoms with Crippen LogP contribution in [0.2, 0.25) is 0 Å². The normalized spacial score (nSPS) is 17.0. The van der Waals surface area contributed by atoms with Gasteiger partial charge in [0.2, 0.25) is 11.7 Å². The van der Waals surface area contributed by atoms with E-state index in [4.69, 9.17) is 4.52 Å². The van der Waals surface area contributed by atoms with Gasteiger partial charge in [0, 0.05) is 5.38 Å². The molecule has 0 spiro atoms. The second-order valence-corrected chi connectivity index (χ2v) is 7.71. The molecule has 0 aromatic carbocycles. The van der Waals surface area contributed by atoms with Gasteiger partial charge in [-0.25, -0.2) is 4.98 Å². The number of thiazole rings is 1. The fourth-order valence-electron chi connectivity index (χ4n) is 2.49. The van der Waals surface area contributed by atoms with Crippen molar-refractivity contribution in [3.63, 3.8) is 0 Å². The van der Waals surface area contributed by atoms with Crippen LogP contribution in [-0.2, 0) is 11.2 Å². The lowest BCUT2D eigenvalue weighted by Gasteiger charge is -2.24. The van der Waals surface area contributed by atoms with E-state index in [0.29, 0.717) is 11.7 Å². The highest BCUT2D eigenvalue weighted by molar-refractivity contribution is 7.13. The monoisotopic (exact) mass is 335 g/mol. The number of rotatable bonds is 6. The molecule has 6 nitrogen and oxygen atoms in total. The Balaban J connectivity index is 1.75. The zero-order valence-corrected chi connectivity index (χ0v) is 14.4. The Labute approximate surface area is 138 Å². The highest BCUT2D eigenvalue weighted by atomic mass is 32.1. The first kappa shape index (κ1) is 16.1. The summed E-state index contributed by atoms with van der Waals surface area (Å²) >= 11 is 1.51. The third kappa shape index (κ3) is 3.15. The van der Waals surface area contributed by atoms with Gasteiger partial charge in [-0.3, -0.25) is 4.79 Å². The molecule has 7 heteroatoms. The van der Waals surface area contributed by atoms with Gasteiger partial charge in [-0.15, -0.1) is 11.3 Å². The first-order chi connectivity index (χ1) is 10.9. The number of carbonyl (C=O) groups is 1. The summed E-state index contributed by atoms with van der Waals surface area (Å²) in [5, 5.41) is 16.1. The molecular weight excluding hydrogens is 314 g/mol. The lowest BCUT2D eigenvalue weighted by Crippen LogP contribution is -2.29. The molecule has 1 unspecified atom stereocenters. The number of carboxylic acids is 1. The van der Waals surface area contributed by atoms with E-state index in [-0.39, 0.29) is 5.92 Å². The van der Waals surface area contributed by atoms with Crippen molar-refractivity contribution in [3.05, 3.63) is 17.0 Å². The Morgan fingerprint density at radius 3 is 2.83 bits per heavy atom. The first-order valence-corrected chi connectivity index (χ1v) is 8.77. The third-order valence-corrected chi connectivity index (χ3v) is 5.80. The number of carboxylic acid groups (broad SMARTS) is 1. The standard InChI is InChI=1S/C16H21N3O3S/c1-9(16(2,3)15(20)21)13-18-12(19-22-13)14-17-11(8-23-14)7-10-5-4-6-10/h8-10H,4-7H2,1-3H3,(H,20,21). The summed E-state index contributed by atoms with van der Waals surface area (Å²) in [5.41, 5.74) is 0.113. The Morgan fingerprint density at radius 2 is 2.22 bits per heavy atom. The molecule has 0 saturated heterocycles. The van der Waals surface area contributed by atoms with E-state index in [9.17, 15) is 9.90 Å². The molecule has 0 radical (unpaired) electrons. The summed E-state index contributed by atoms with van der Waals surface area (Å²) in [6, 6.07) is 0. The van der Waals surface area contributed by atoms with Gasteiger partial charge < -0.3 is 9.63 Å². The Hall–Kier alpha value is -1.76. The summed E-state index contributed by atoms with van der Waals surface area (Å²) in [4.78, 5) is 20.3. The summed E-state index contributed by atoms with van der Waals surface area (Å²) in [6.07, 6.45) is 4.93. The first-order valence-electron chi connectivity index (χ1n) is 7.89. The minimum atomic E-state index is -0.970. The minimum Gasteiger partial charge on any atom is -0.481 e. The van der Waals surface area contributed by atoms with E-state index < -0.39 is 11.4 Å². The SMILES string of the molecule is CC(c1nc(-c2nc(CC3CCC3)cs2)no1)C(C)(C)C(=O)O. The molecule has 124 valence electrons. The average molecular weight is 335 g/mol. The minimum absolute atomic E-state index is 0.336. The zero-order chi connectivity index (χ0) is 16.6. The summed E-state index contributed by atoms with van der Waals surface area (Å²) in [5.74, 6) is 0.278. The van der Waals surface area contributed by atoms with Crippen molar-refractivity contribution in [2.24, 2.45) is 11.3 Å². The summed E-state index contributed by atoms with van der Waals surface area (Å²) in [6.45, 7) is 5.10. The van der Waals surface area contributed by atoms with Crippen molar-refractivity contribution in [2.45, 2.75) is 52.4 Å². The van der Waals surface area contributed by atoms with Crippen LogP contribution in [0.3, 0.4) is 0 Å². The van der Waals surface area contributed by atoms with Crippen LogP contribution in [0.15, 0.2) is 9.90 Å². The van der Waals surface area contributed by atoms with Gasteiger partial charge in [-0.2, -0.15) is 4.98 Å². The van der Waals surface area contributed by atoms with E-state index in [1.807, 2.05) is 5.38 Å². The van der Waals surface area contributed by atoms with E-state index in [0.717, 1.165) is 23.0 Å². The van der Waals surface area contributed by atoms with E-state index >= 15 is 0 Å². The number of hydrogen-bond acceptors (Lipinski definition) is 6. The van der Waals surface area contributed by atoms with Gasteiger partial charge >= 0.3 is 5.97 Å². The van der Waals surface area contributed by atoms with Crippen LogP contribution in [0.5, 0.6) is 0 Å².